The molecule has 0 fully saturated rings. The number of nitrogens with two attached hydrogens (primary N) is 1. The van der Waals surface area contributed by atoms with Crippen molar-refractivity contribution in [1.82, 2.24) is 4.72 Å². The Labute approximate surface area is 115 Å². The lowest BCUT2D eigenvalue weighted by Gasteiger charge is -2.09. The van der Waals surface area contributed by atoms with E-state index in [1.54, 1.807) is 30.3 Å². The van der Waals surface area contributed by atoms with E-state index in [1.165, 1.54) is 0 Å². The molecule has 20 heavy (non-hydrogen) atoms. The zero-order valence-electron chi connectivity index (χ0n) is 10.3. The lowest BCUT2D eigenvalue weighted by molar-refractivity contribution is 0.544. The van der Waals surface area contributed by atoms with Gasteiger partial charge in [0.25, 0.3) is 0 Å². The normalized spacial score (nSPS) is 11.5. The van der Waals surface area contributed by atoms with Crippen LogP contribution in [0, 0.1) is 11.6 Å². The highest BCUT2D eigenvalue weighted by atomic mass is 32.2. The van der Waals surface area contributed by atoms with Crippen LogP contribution in [-0.2, 0) is 16.6 Å². The number of benzene rings is 2. The van der Waals surface area contributed by atoms with Gasteiger partial charge >= 0.3 is 0 Å². The summed E-state index contributed by atoms with van der Waals surface area (Å²) in [5, 5.41) is 0. The van der Waals surface area contributed by atoms with E-state index in [0.29, 0.717) is 11.6 Å². The molecule has 0 heterocycles. The Morgan fingerprint density at radius 1 is 1.05 bits per heavy atom. The molecular weight excluding hydrogens is 286 g/mol. The molecular formula is C13H12F2N2O2S. The molecule has 0 unspecified atom stereocenters. The number of nitrogens with one attached hydrogen (secondary N) is 1. The van der Waals surface area contributed by atoms with Gasteiger partial charge in [-0.2, -0.15) is 0 Å². The number of rotatable bonds is 4. The largest absolute Gasteiger partial charge is 0.396 e. The first kappa shape index (κ1) is 14.4. The van der Waals surface area contributed by atoms with Crippen molar-refractivity contribution >= 4 is 15.7 Å². The van der Waals surface area contributed by atoms with Crippen LogP contribution in [0.5, 0.6) is 0 Å². The average Bonchev–Trinajstić information content (AvgIpc) is 2.42. The molecule has 0 saturated heterocycles. The first-order valence-electron chi connectivity index (χ1n) is 5.68. The summed E-state index contributed by atoms with van der Waals surface area (Å²) in [5.74, 6) is -2.18. The van der Waals surface area contributed by atoms with Gasteiger partial charge in [-0.3, -0.25) is 0 Å². The first-order chi connectivity index (χ1) is 9.40. The van der Waals surface area contributed by atoms with Crippen molar-refractivity contribution in [3.05, 3.63) is 59.7 Å². The van der Waals surface area contributed by atoms with Crippen molar-refractivity contribution in [3.63, 3.8) is 0 Å². The van der Waals surface area contributed by atoms with Crippen LogP contribution in [0.3, 0.4) is 0 Å². The van der Waals surface area contributed by atoms with Crippen LogP contribution in [0.4, 0.5) is 14.5 Å². The molecule has 2 aromatic carbocycles. The van der Waals surface area contributed by atoms with Gasteiger partial charge in [-0.1, -0.05) is 30.3 Å². The molecule has 2 rings (SSSR count). The summed E-state index contributed by atoms with van der Waals surface area (Å²) in [6, 6.07) is 9.94. The molecule has 0 aromatic heterocycles. The highest BCUT2D eigenvalue weighted by Crippen LogP contribution is 2.21. The topological polar surface area (TPSA) is 72.2 Å². The van der Waals surface area contributed by atoms with Gasteiger partial charge in [0.1, 0.15) is 16.5 Å². The molecule has 106 valence electrons. The van der Waals surface area contributed by atoms with Gasteiger partial charge in [0, 0.05) is 12.6 Å². The van der Waals surface area contributed by atoms with Crippen LogP contribution in [0.15, 0.2) is 47.4 Å². The van der Waals surface area contributed by atoms with Gasteiger partial charge in [0.05, 0.1) is 5.69 Å². The third-order valence-electron chi connectivity index (χ3n) is 2.65. The van der Waals surface area contributed by atoms with Gasteiger partial charge in [-0.25, -0.2) is 21.9 Å². The van der Waals surface area contributed by atoms with E-state index in [4.69, 9.17) is 5.73 Å². The molecule has 0 aliphatic rings. The van der Waals surface area contributed by atoms with Crippen molar-refractivity contribution in [2.24, 2.45) is 0 Å². The van der Waals surface area contributed by atoms with Gasteiger partial charge in [0.15, 0.2) is 0 Å². The fourth-order valence-electron chi connectivity index (χ4n) is 1.60. The number of anilines is 1. The van der Waals surface area contributed by atoms with Crippen molar-refractivity contribution < 1.29 is 17.2 Å². The van der Waals surface area contributed by atoms with Gasteiger partial charge in [-0.15, -0.1) is 0 Å². The Kier molecular flexibility index (Phi) is 4.01. The van der Waals surface area contributed by atoms with Crippen LogP contribution in [0.2, 0.25) is 0 Å². The van der Waals surface area contributed by atoms with E-state index in [9.17, 15) is 17.2 Å². The highest BCUT2D eigenvalue weighted by Gasteiger charge is 2.20. The summed E-state index contributed by atoms with van der Waals surface area (Å²) in [4.78, 5) is -0.674. The van der Waals surface area contributed by atoms with Crippen LogP contribution < -0.4 is 10.5 Å². The SMILES string of the molecule is Nc1cc(S(=O)(=O)NCc2ccccc2)c(F)cc1F. The maximum Gasteiger partial charge on any atom is 0.243 e. The van der Waals surface area contributed by atoms with Crippen LogP contribution in [-0.4, -0.2) is 8.42 Å². The van der Waals surface area contributed by atoms with Crippen molar-refractivity contribution in [3.8, 4) is 0 Å². The molecule has 2 aromatic rings. The molecule has 0 amide bonds. The maximum absolute atomic E-state index is 13.5. The molecule has 0 spiro atoms. The minimum Gasteiger partial charge on any atom is -0.396 e. The first-order valence-corrected chi connectivity index (χ1v) is 7.16. The average molecular weight is 298 g/mol. The van der Waals surface area contributed by atoms with E-state index in [2.05, 4.69) is 4.72 Å². The highest BCUT2D eigenvalue weighted by molar-refractivity contribution is 7.89. The summed E-state index contributed by atoms with van der Waals surface area (Å²) in [6.45, 7) is -0.000105. The summed E-state index contributed by atoms with van der Waals surface area (Å²) in [6.07, 6.45) is 0. The minimum absolute atomic E-state index is 0.000105. The molecule has 0 atom stereocenters. The number of hydrogen-bond acceptors (Lipinski definition) is 3. The number of hydrogen-bond donors (Lipinski definition) is 2. The predicted octanol–water partition coefficient (Wildman–Crippen LogP) is 2.03. The monoisotopic (exact) mass is 298 g/mol. The lowest BCUT2D eigenvalue weighted by atomic mass is 10.2. The van der Waals surface area contributed by atoms with Crippen molar-refractivity contribution in [1.29, 1.82) is 0 Å². The van der Waals surface area contributed by atoms with Gasteiger partial charge in [-0.05, 0) is 11.6 Å². The van der Waals surface area contributed by atoms with E-state index in [0.717, 1.165) is 6.07 Å². The smallest absolute Gasteiger partial charge is 0.243 e. The van der Waals surface area contributed by atoms with Crippen LogP contribution >= 0.6 is 0 Å². The Balaban J connectivity index is 2.25. The quantitative estimate of drug-likeness (QED) is 0.848. The van der Waals surface area contributed by atoms with E-state index >= 15 is 0 Å². The summed E-state index contributed by atoms with van der Waals surface area (Å²) < 4.78 is 52.7. The number of halogens is 2. The molecule has 0 radical (unpaired) electrons. The van der Waals surface area contributed by atoms with Gasteiger partial charge in [0.2, 0.25) is 10.0 Å². The summed E-state index contributed by atoms with van der Waals surface area (Å²) in [5.41, 5.74) is 5.55. The molecule has 0 aliphatic carbocycles. The zero-order chi connectivity index (χ0) is 14.8. The molecule has 7 heteroatoms. The van der Waals surface area contributed by atoms with Crippen LogP contribution in [0.25, 0.3) is 0 Å². The van der Waals surface area contributed by atoms with Crippen LogP contribution in [0.1, 0.15) is 5.56 Å². The molecule has 0 aliphatic heterocycles. The maximum atomic E-state index is 13.5. The standard InChI is InChI=1S/C13H12F2N2O2S/c14-10-6-11(15)13(7-12(10)16)20(18,19)17-8-9-4-2-1-3-5-9/h1-7,17H,8,16H2. The van der Waals surface area contributed by atoms with E-state index in [-0.39, 0.29) is 6.54 Å². The number of sulfonamides is 1. The fraction of sp³-hybridized carbons (Fsp3) is 0.0769. The second kappa shape index (κ2) is 5.56. The summed E-state index contributed by atoms with van der Waals surface area (Å²) >= 11 is 0. The molecule has 0 bridgehead atoms. The van der Waals surface area contributed by atoms with Gasteiger partial charge < -0.3 is 5.73 Å². The third-order valence-corrected chi connectivity index (χ3v) is 4.07. The van der Waals surface area contributed by atoms with Crippen molar-refractivity contribution in [2.45, 2.75) is 11.4 Å². The second-order valence-electron chi connectivity index (χ2n) is 4.11. The predicted molar refractivity (Wildman–Crippen MR) is 71.2 cm³/mol. The Hall–Kier alpha value is -1.99. The van der Waals surface area contributed by atoms with Crippen molar-refractivity contribution in [2.75, 3.05) is 5.73 Å². The van der Waals surface area contributed by atoms with E-state index in [1.807, 2.05) is 0 Å². The lowest BCUT2D eigenvalue weighted by Crippen LogP contribution is -2.24. The molecule has 4 nitrogen and oxygen atoms in total. The minimum atomic E-state index is -4.10. The van der Waals surface area contributed by atoms with E-state index < -0.39 is 32.2 Å². The molecule has 3 N–H and O–H groups in total. The zero-order valence-corrected chi connectivity index (χ0v) is 11.1. The third kappa shape index (κ3) is 3.12. The Morgan fingerprint density at radius 2 is 1.70 bits per heavy atom. The Bertz CT molecular complexity index is 719. The summed E-state index contributed by atoms with van der Waals surface area (Å²) in [7, 11) is -4.10. The fourth-order valence-corrected chi connectivity index (χ4v) is 2.71. The molecule has 0 saturated carbocycles. The second-order valence-corrected chi connectivity index (χ2v) is 5.85. The number of nitrogen functional groups attached to an aromatic ring is 1. The Morgan fingerprint density at radius 3 is 2.35 bits per heavy atom.